The molecule has 1 aliphatic heterocycles. The summed E-state index contributed by atoms with van der Waals surface area (Å²) in [4.78, 5) is 14.8. The number of amides is 1. The predicted octanol–water partition coefficient (Wildman–Crippen LogP) is 4.08. The quantitative estimate of drug-likeness (QED) is 0.919. The third-order valence-electron chi connectivity index (χ3n) is 4.68. The van der Waals surface area contributed by atoms with Gasteiger partial charge in [-0.1, -0.05) is 11.6 Å². The van der Waals surface area contributed by atoms with Crippen LogP contribution >= 0.6 is 11.6 Å². The lowest BCUT2D eigenvalue weighted by atomic mass is 9.99. The highest BCUT2D eigenvalue weighted by atomic mass is 35.5. The Morgan fingerprint density at radius 3 is 2.91 bits per heavy atom. The second kappa shape index (κ2) is 6.54. The summed E-state index contributed by atoms with van der Waals surface area (Å²) in [5.74, 6) is 0.280. The fourth-order valence-corrected chi connectivity index (χ4v) is 3.78. The number of rotatable bonds is 3. The van der Waals surface area contributed by atoms with Gasteiger partial charge >= 0.3 is 0 Å². The third-order valence-corrected chi connectivity index (χ3v) is 4.96. The molecule has 2 aromatic rings. The van der Waals surface area contributed by atoms with Crippen LogP contribution in [0, 0.1) is 13.8 Å². The van der Waals surface area contributed by atoms with Crippen molar-refractivity contribution in [3.8, 4) is 0 Å². The molecule has 0 unspecified atom stereocenters. The standard InChI is InChI=1S/C18H22ClNO3/c1-11-9-14-12(2)16(23-17(14)15(19)10-11)18(22)20-7-4-3-5-13(20)6-8-21/h9-10,13,21H,3-8H2,1-2H3/t13-/m0/s1. The molecule has 1 amide bonds. The molecule has 23 heavy (non-hydrogen) atoms. The molecule has 5 heteroatoms. The van der Waals surface area contributed by atoms with Crippen LogP contribution in [-0.4, -0.2) is 35.1 Å². The minimum Gasteiger partial charge on any atom is -0.449 e. The van der Waals surface area contributed by atoms with Crippen molar-refractivity contribution in [3.63, 3.8) is 0 Å². The molecule has 1 aromatic carbocycles. The van der Waals surface area contributed by atoms with E-state index >= 15 is 0 Å². The van der Waals surface area contributed by atoms with Crippen molar-refractivity contribution in [2.24, 2.45) is 0 Å². The Balaban J connectivity index is 2.00. The second-order valence-corrected chi connectivity index (χ2v) is 6.75. The maximum Gasteiger partial charge on any atom is 0.290 e. The monoisotopic (exact) mass is 335 g/mol. The van der Waals surface area contributed by atoms with E-state index < -0.39 is 0 Å². The molecule has 4 nitrogen and oxygen atoms in total. The van der Waals surface area contributed by atoms with Crippen LogP contribution in [0.4, 0.5) is 0 Å². The van der Waals surface area contributed by atoms with Gasteiger partial charge in [-0.05, 0) is 57.2 Å². The van der Waals surface area contributed by atoms with Crippen LogP contribution in [0.1, 0.15) is 47.4 Å². The summed E-state index contributed by atoms with van der Waals surface area (Å²) < 4.78 is 5.84. The molecule has 0 bridgehead atoms. The Morgan fingerprint density at radius 2 is 2.17 bits per heavy atom. The average Bonchev–Trinajstić information content (AvgIpc) is 2.85. The van der Waals surface area contributed by atoms with E-state index in [-0.39, 0.29) is 18.6 Å². The van der Waals surface area contributed by atoms with Gasteiger partial charge in [0.1, 0.15) is 0 Å². The van der Waals surface area contributed by atoms with Gasteiger partial charge in [0.2, 0.25) is 0 Å². The lowest BCUT2D eigenvalue weighted by molar-refractivity contribution is 0.0544. The van der Waals surface area contributed by atoms with Crippen molar-refractivity contribution < 1.29 is 14.3 Å². The zero-order valence-electron chi connectivity index (χ0n) is 13.6. The van der Waals surface area contributed by atoms with Crippen LogP contribution in [0.3, 0.4) is 0 Å². The zero-order chi connectivity index (χ0) is 16.6. The number of halogens is 1. The highest BCUT2D eigenvalue weighted by Gasteiger charge is 2.30. The van der Waals surface area contributed by atoms with Crippen molar-refractivity contribution in [2.75, 3.05) is 13.2 Å². The van der Waals surface area contributed by atoms with E-state index in [1.54, 1.807) is 0 Å². The van der Waals surface area contributed by atoms with E-state index in [0.29, 0.717) is 29.3 Å². The van der Waals surface area contributed by atoms with Crippen LogP contribution in [0.2, 0.25) is 5.02 Å². The number of aryl methyl sites for hydroxylation is 2. The van der Waals surface area contributed by atoms with Crippen LogP contribution < -0.4 is 0 Å². The molecule has 3 rings (SSSR count). The molecular weight excluding hydrogens is 314 g/mol. The smallest absolute Gasteiger partial charge is 0.290 e. The molecule has 0 spiro atoms. The Labute approximate surface area is 141 Å². The van der Waals surface area contributed by atoms with E-state index in [1.807, 2.05) is 30.9 Å². The highest BCUT2D eigenvalue weighted by Crippen LogP contribution is 2.33. The first-order valence-electron chi connectivity index (χ1n) is 8.14. The summed E-state index contributed by atoms with van der Waals surface area (Å²) in [7, 11) is 0. The molecule has 1 fully saturated rings. The lowest BCUT2D eigenvalue weighted by Gasteiger charge is -2.35. The summed E-state index contributed by atoms with van der Waals surface area (Å²) >= 11 is 6.26. The number of nitrogens with zero attached hydrogens (tertiary/aromatic N) is 1. The SMILES string of the molecule is Cc1cc(Cl)c2oc(C(=O)N3CCCC[C@H]3CCO)c(C)c2c1. The van der Waals surface area contributed by atoms with Gasteiger partial charge in [0.15, 0.2) is 11.3 Å². The summed E-state index contributed by atoms with van der Waals surface area (Å²) in [5.41, 5.74) is 2.46. The molecule has 2 heterocycles. The Bertz CT molecular complexity index is 735. The Kier molecular flexibility index (Phi) is 4.64. The number of likely N-dealkylation sites (tertiary alicyclic amines) is 1. The van der Waals surface area contributed by atoms with Crippen molar-refractivity contribution in [3.05, 3.63) is 34.0 Å². The highest BCUT2D eigenvalue weighted by molar-refractivity contribution is 6.35. The number of aliphatic hydroxyl groups is 1. The Hall–Kier alpha value is -1.52. The zero-order valence-corrected chi connectivity index (χ0v) is 14.3. The van der Waals surface area contributed by atoms with Crippen LogP contribution in [0.25, 0.3) is 11.0 Å². The molecule has 1 aliphatic rings. The number of fused-ring (bicyclic) bond motifs is 1. The van der Waals surface area contributed by atoms with E-state index in [2.05, 4.69) is 0 Å². The minimum absolute atomic E-state index is 0.0890. The number of aliphatic hydroxyl groups excluding tert-OH is 1. The van der Waals surface area contributed by atoms with E-state index in [1.165, 1.54) is 0 Å². The number of benzene rings is 1. The fraction of sp³-hybridized carbons (Fsp3) is 0.500. The lowest BCUT2D eigenvalue weighted by Crippen LogP contribution is -2.44. The molecule has 0 saturated carbocycles. The van der Waals surface area contributed by atoms with Crippen LogP contribution in [-0.2, 0) is 0 Å². The van der Waals surface area contributed by atoms with Gasteiger partial charge < -0.3 is 14.4 Å². The molecule has 0 radical (unpaired) electrons. The molecule has 1 saturated heterocycles. The molecule has 124 valence electrons. The van der Waals surface area contributed by atoms with Gasteiger partial charge in [-0.3, -0.25) is 4.79 Å². The summed E-state index contributed by atoms with van der Waals surface area (Å²) in [6.07, 6.45) is 3.64. The molecular formula is C18H22ClNO3. The largest absolute Gasteiger partial charge is 0.449 e. The molecule has 0 aliphatic carbocycles. The number of hydrogen-bond donors (Lipinski definition) is 1. The number of piperidine rings is 1. The topological polar surface area (TPSA) is 53.7 Å². The first kappa shape index (κ1) is 16.3. The van der Waals surface area contributed by atoms with Gasteiger partial charge in [-0.2, -0.15) is 0 Å². The number of carbonyl (C=O) groups excluding carboxylic acids is 1. The first-order valence-corrected chi connectivity index (χ1v) is 8.51. The van der Waals surface area contributed by atoms with Crippen molar-refractivity contribution in [1.29, 1.82) is 0 Å². The maximum atomic E-state index is 13.0. The van der Waals surface area contributed by atoms with E-state index in [4.69, 9.17) is 16.0 Å². The first-order chi connectivity index (χ1) is 11.0. The summed E-state index contributed by atoms with van der Waals surface area (Å²) in [6.45, 7) is 4.69. The van der Waals surface area contributed by atoms with Crippen molar-refractivity contribution in [2.45, 2.75) is 45.6 Å². The van der Waals surface area contributed by atoms with Gasteiger partial charge in [0.25, 0.3) is 5.91 Å². The van der Waals surface area contributed by atoms with E-state index in [9.17, 15) is 9.90 Å². The third kappa shape index (κ3) is 2.98. The predicted molar refractivity (Wildman–Crippen MR) is 91.1 cm³/mol. The minimum atomic E-state index is -0.0921. The van der Waals surface area contributed by atoms with Gasteiger partial charge in [0.05, 0.1) is 5.02 Å². The molecule has 1 aromatic heterocycles. The number of furan rings is 1. The fourth-order valence-electron chi connectivity index (χ4n) is 3.46. The maximum absolute atomic E-state index is 13.0. The van der Waals surface area contributed by atoms with Gasteiger partial charge in [-0.25, -0.2) is 0 Å². The van der Waals surface area contributed by atoms with Gasteiger partial charge in [-0.15, -0.1) is 0 Å². The molecule has 1 atom stereocenters. The Morgan fingerprint density at radius 1 is 1.39 bits per heavy atom. The van der Waals surface area contributed by atoms with Crippen molar-refractivity contribution >= 4 is 28.5 Å². The van der Waals surface area contributed by atoms with E-state index in [0.717, 1.165) is 35.8 Å². The number of hydrogen-bond acceptors (Lipinski definition) is 3. The van der Waals surface area contributed by atoms with Crippen molar-refractivity contribution in [1.82, 2.24) is 4.90 Å². The normalized spacial score (nSPS) is 18.6. The summed E-state index contributed by atoms with van der Waals surface area (Å²) in [5, 5.41) is 10.7. The van der Waals surface area contributed by atoms with Crippen LogP contribution in [0.15, 0.2) is 16.5 Å². The van der Waals surface area contributed by atoms with Crippen LogP contribution in [0.5, 0.6) is 0 Å². The van der Waals surface area contributed by atoms with Gasteiger partial charge in [0, 0.05) is 30.1 Å². The molecule has 1 N–H and O–H groups in total. The average molecular weight is 336 g/mol. The number of carbonyl (C=O) groups is 1. The second-order valence-electron chi connectivity index (χ2n) is 6.34. The summed E-state index contributed by atoms with van der Waals surface area (Å²) in [6, 6.07) is 3.93.